The molecule has 1 spiro atoms. The first-order valence-electron chi connectivity index (χ1n) is 9.49. The first-order valence-corrected chi connectivity index (χ1v) is 9.49. The van der Waals surface area contributed by atoms with Crippen LogP contribution in [0.15, 0.2) is 42.7 Å². The summed E-state index contributed by atoms with van der Waals surface area (Å²) in [6.45, 7) is 0.674. The van der Waals surface area contributed by atoms with E-state index in [-0.39, 0.29) is 24.5 Å². The molecule has 3 aliphatic rings. The molecule has 2 saturated heterocycles. The maximum absolute atomic E-state index is 13.8. The second-order valence-corrected chi connectivity index (χ2v) is 8.19. The van der Waals surface area contributed by atoms with Crippen molar-refractivity contribution < 1.29 is 13.6 Å². The number of benzene rings is 1. The Morgan fingerprint density at radius 3 is 2.41 bits per heavy atom. The van der Waals surface area contributed by atoms with Gasteiger partial charge in [0.15, 0.2) is 0 Å². The molecule has 2 atom stereocenters. The lowest BCUT2D eigenvalue weighted by Gasteiger charge is -2.39. The molecule has 1 aromatic carbocycles. The van der Waals surface area contributed by atoms with Crippen LogP contribution in [0.25, 0.3) is 0 Å². The molecule has 5 nitrogen and oxygen atoms in total. The van der Waals surface area contributed by atoms with E-state index in [4.69, 9.17) is 0 Å². The van der Waals surface area contributed by atoms with Gasteiger partial charge in [0.1, 0.15) is 0 Å². The predicted octanol–water partition coefficient (Wildman–Crippen LogP) is 4.12. The highest BCUT2D eigenvalue weighted by Gasteiger charge is 2.74. The molecular weight excluding hydrogens is 350 g/mol. The van der Waals surface area contributed by atoms with Gasteiger partial charge in [-0.05, 0) is 49.4 Å². The smallest absolute Gasteiger partial charge is 0.319 e. The Hall–Kier alpha value is -2.44. The van der Waals surface area contributed by atoms with Crippen molar-refractivity contribution >= 4 is 11.7 Å². The number of carbonyl (C=O) groups excluding carboxylic acids is 1. The van der Waals surface area contributed by atoms with Gasteiger partial charge in [-0.25, -0.2) is 13.6 Å². The Morgan fingerprint density at radius 1 is 1.19 bits per heavy atom. The molecular formula is C20H22F2N4O. The van der Waals surface area contributed by atoms with Gasteiger partial charge in [0.2, 0.25) is 0 Å². The molecule has 2 aromatic rings. The molecule has 1 N–H and O–H groups in total. The molecule has 27 heavy (non-hydrogen) atoms. The molecule has 3 heterocycles. The second kappa shape index (κ2) is 5.78. The number of aromatic nitrogens is 2. The number of urea groups is 1. The first kappa shape index (κ1) is 16.7. The topological polar surface area (TPSA) is 50.2 Å². The zero-order chi connectivity index (χ0) is 18.6. The van der Waals surface area contributed by atoms with Crippen molar-refractivity contribution in [2.75, 3.05) is 5.32 Å². The van der Waals surface area contributed by atoms with E-state index >= 15 is 0 Å². The van der Waals surface area contributed by atoms with Crippen LogP contribution >= 0.6 is 0 Å². The van der Waals surface area contributed by atoms with Crippen molar-refractivity contribution in [3.8, 4) is 0 Å². The van der Waals surface area contributed by atoms with Crippen molar-refractivity contribution in [1.29, 1.82) is 0 Å². The summed E-state index contributed by atoms with van der Waals surface area (Å²) < 4.78 is 29.4. The molecule has 2 amide bonds. The van der Waals surface area contributed by atoms with E-state index in [0.29, 0.717) is 19.4 Å². The molecule has 2 unspecified atom stereocenters. The van der Waals surface area contributed by atoms with E-state index in [1.165, 1.54) is 0 Å². The van der Waals surface area contributed by atoms with Gasteiger partial charge in [-0.3, -0.25) is 4.68 Å². The third-order valence-corrected chi connectivity index (χ3v) is 6.43. The number of nitrogens with one attached hydrogen (secondary N) is 1. The number of anilines is 1. The number of hydrogen-bond acceptors (Lipinski definition) is 2. The van der Waals surface area contributed by atoms with Crippen LogP contribution in [0.2, 0.25) is 0 Å². The standard InChI is InChI=1S/C20H22F2N4O/c21-20(22)13-19(20)10-16-6-7-17(11-19)26(16)18(27)24-15-4-2-14(3-5-15)12-25-9-1-8-23-25/h1-5,8-9,16-17H,6-7,10-13H2,(H,24,27). The maximum atomic E-state index is 13.8. The SMILES string of the molecule is O=C(Nc1ccc(Cn2cccn2)cc1)N1C2CCC1CC1(C2)CC1(F)F. The fourth-order valence-electron chi connectivity index (χ4n) is 4.97. The summed E-state index contributed by atoms with van der Waals surface area (Å²) in [6.07, 6.45) is 6.18. The lowest BCUT2D eigenvalue weighted by Crippen LogP contribution is -2.49. The third-order valence-electron chi connectivity index (χ3n) is 6.43. The minimum atomic E-state index is -2.53. The Bertz CT molecular complexity index is 835. The molecule has 2 aliphatic heterocycles. The molecule has 7 heteroatoms. The average Bonchev–Trinajstić information content (AvgIpc) is 3.00. The van der Waals surface area contributed by atoms with E-state index < -0.39 is 11.3 Å². The van der Waals surface area contributed by atoms with Gasteiger partial charge in [0.25, 0.3) is 5.92 Å². The predicted molar refractivity (Wildman–Crippen MR) is 96.7 cm³/mol. The largest absolute Gasteiger partial charge is 0.322 e. The number of alkyl halides is 2. The van der Waals surface area contributed by atoms with Crippen molar-refractivity contribution in [2.24, 2.45) is 5.41 Å². The number of halogens is 2. The molecule has 1 aromatic heterocycles. The van der Waals surface area contributed by atoms with Crippen molar-refractivity contribution in [1.82, 2.24) is 14.7 Å². The van der Waals surface area contributed by atoms with Crippen LogP contribution in [-0.2, 0) is 6.54 Å². The third kappa shape index (κ3) is 2.80. The average molecular weight is 372 g/mol. The summed E-state index contributed by atoms with van der Waals surface area (Å²) >= 11 is 0. The van der Waals surface area contributed by atoms with Gasteiger partial charge in [-0.1, -0.05) is 12.1 Å². The summed E-state index contributed by atoms with van der Waals surface area (Å²) in [7, 11) is 0. The normalized spacial score (nSPS) is 30.5. The fraction of sp³-hybridized carbons (Fsp3) is 0.500. The monoisotopic (exact) mass is 372 g/mol. The van der Waals surface area contributed by atoms with Gasteiger partial charge in [0, 0.05) is 42.0 Å². The molecule has 0 radical (unpaired) electrons. The van der Waals surface area contributed by atoms with Crippen LogP contribution < -0.4 is 5.32 Å². The van der Waals surface area contributed by atoms with Crippen LogP contribution in [0.5, 0.6) is 0 Å². The van der Waals surface area contributed by atoms with E-state index in [0.717, 1.165) is 24.1 Å². The summed E-state index contributed by atoms with van der Waals surface area (Å²) in [6, 6.07) is 9.26. The van der Waals surface area contributed by atoms with Gasteiger partial charge >= 0.3 is 6.03 Å². The maximum Gasteiger partial charge on any atom is 0.322 e. The number of hydrogen-bond donors (Lipinski definition) is 1. The van der Waals surface area contributed by atoms with Gasteiger partial charge in [-0.2, -0.15) is 5.10 Å². The van der Waals surface area contributed by atoms with E-state index in [2.05, 4.69) is 10.4 Å². The summed E-state index contributed by atoms with van der Waals surface area (Å²) in [5, 5.41) is 7.13. The molecule has 5 rings (SSSR count). The summed E-state index contributed by atoms with van der Waals surface area (Å²) in [4.78, 5) is 14.6. The molecule has 3 fully saturated rings. The highest BCUT2D eigenvalue weighted by Crippen LogP contribution is 2.69. The Morgan fingerprint density at radius 2 is 1.85 bits per heavy atom. The number of nitrogens with zero attached hydrogens (tertiary/aromatic N) is 3. The van der Waals surface area contributed by atoms with Crippen molar-refractivity contribution in [3.63, 3.8) is 0 Å². The number of carbonyl (C=O) groups is 1. The lowest BCUT2D eigenvalue weighted by molar-refractivity contribution is 0.0186. The highest BCUT2D eigenvalue weighted by molar-refractivity contribution is 5.90. The summed E-state index contributed by atoms with van der Waals surface area (Å²) in [5.41, 5.74) is 0.984. The Kier molecular flexibility index (Phi) is 3.58. The van der Waals surface area contributed by atoms with E-state index in [1.54, 1.807) is 6.20 Å². The zero-order valence-corrected chi connectivity index (χ0v) is 14.9. The summed E-state index contributed by atoms with van der Waals surface area (Å²) in [5.74, 6) is -2.53. The van der Waals surface area contributed by atoms with E-state index in [9.17, 15) is 13.6 Å². The van der Waals surface area contributed by atoms with Gasteiger partial charge in [-0.15, -0.1) is 0 Å². The Balaban J connectivity index is 1.23. The quantitative estimate of drug-likeness (QED) is 0.881. The van der Waals surface area contributed by atoms with Crippen LogP contribution in [0.4, 0.5) is 19.3 Å². The molecule has 1 aliphatic carbocycles. The van der Waals surface area contributed by atoms with E-state index in [1.807, 2.05) is 46.1 Å². The molecule has 1 saturated carbocycles. The highest BCUT2D eigenvalue weighted by atomic mass is 19.3. The first-order chi connectivity index (χ1) is 13.0. The molecule has 142 valence electrons. The van der Waals surface area contributed by atoms with Crippen LogP contribution in [0.1, 0.15) is 37.7 Å². The van der Waals surface area contributed by atoms with Crippen LogP contribution in [0.3, 0.4) is 0 Å². The Labute approximate surface area is 156 Å². The van der Waals surface area contributed by atoms with Crippen LogP contribution in [-0.4, -0.2) is 38.7 Å². The number of amides is 2. The lowest BCUT2D eigenvalue weighted by atomic mass is 9.87. The van der Waals surface area contributed by atoms with Crippen molar-refractivity contribution in [3.05, 3.63) is 48.3 Å². The zero-order valence-electron chi connectivity index (χ0n) is 14.9. The van der Waals surface area contributed by atoms with Gasteiger partial charge < -0.3 is 10.2 Å². The van der Waals surface area contributed by atoms with Crippen molar-refractivity contribution in [2.45, 2.75) is 56.7 Å². The number of fused-ring (bicyclic) bond motifs is 2. The number of piperidine rings is 1. The second-order valence-electron chi connectivity index (χ2n) is 8.19. The minimum absolute atomic E-state index is 0.000172. The number of rotatable bonds is 3. The molecule has 2 bridgehead atoms. The fourth-order valence-corrected chi connectivity index (χ4v) is 4.97. The van der Waals surface area contributed by atoms with Gasteiger partial charge in [0.05, 0.1) is 6.54 Å². The van der Waals surface area contributed by atoms with Crippen LogP contribution in [0, 0.1) is 5.41 Å². The minimum Gasteiger partial charge on any atom is -0.319 e.